The molecule has 1 aliphatic rings. The molecule has 0 bridgehead atoms. The third-order valence-electron chi connectivity index (χ3n) is 5.34. The van der Waals surface area contributed by atoms with Crippen molar-refractivity contribution in [1.82, 2.24) is 19.7 Å². The molecule has 0 saturated carbocycles. The molecule has 1 aromatic heterocycles. The van der Waals surface area contributed by atoms with Gasteiger partial charge in [0.2, 0.25) is 5.91 Å². The van der Waals surface area contributed by atoms with Crippen LogP contribution in [0.15, 0.2) is 53.7 Å². The summed E-state index contributed by atoms with van der Waals surface area (Å²) < 4.78 is 16.1. The first-order valence-corrected chi connectivity index (χ1v) is 11.2. The summed E-state index contributed by atoms with van der Waals surface area (Å²) in [6.07, 6.45) is 1.63. The predicted octanol–water partition coefficient (Wildman–Crippen LogP) is 4.81. The van der Waals surface area contributed by atoms with Gasteiger partial charge >= 0.3 is 0 Å². The molecular formula is C22H22ClFN4OS. The van der Waals surface area contributed by atoms with Crippen molar-refractivity contribution in [3.8, 4) is 0 Å². The van der Waals surface area contributed by atoms with Gasteiger partial charge in [-0.3, -0.25) is 4.79 Å². The van der Waals surface area contributed by atoms with Gasteiger partial charge in [0.05, 0.1) is 12.5 Å². The molecule has 2 heterocycles. The number of aromatic nitrogens is 3. The molecule has 0 N–H and O–H groups in total. The molecule has 1 fully saturated rings. The van der Waals surface area contributed by atoms with Crippen LogP contribution < -0.4 is 0 Å². The molecule has 5 nitrogen and oxygen atoms in total. The molecule has 0 aliphatic carbocycles. The average molecular weight is 445 g/mol. The van der Waals surface area contributed by atoms with Crippen LogP contribution in [0.1, 0.15) is 35.8 Å². The molecule has 2 aromatic carbocycles. The van der Waals surface area contributed by atoms with E-state index in [-0.39, 0.29) is 29.0 Å². The first-order valence-electron chi connectivity index (χ1n) is 9.83. The van der Waals surface area contributed by atoms with Crippen LogP contribution in [-0.2, 0) is 24.0 Å². The molecular weight excluding hydrogens is 423 g/mol. The Labute approximate surface area is 184 Å². The Balaban J connectivity index is 1.48. The Hall–Kier alpha value is -2.38. The van der Waals surface area contributed by atoms with Gasteiger partial charge in [-0.05, 0) is 30.5 Å². The maximum Gasteiger partial charge on any atom is 0.227 e. The molecule has 1 saturated heterocycles. The van der Waals surface area contributed by atoms with Crippen LogP contribution in [0, 0.1) is 5.82 Å². The lowest BCUT2D eigenvalue weighted by Crippen LogP contribution is -2.33. The van der Waals surface area contributed by atoms with E-state index in [0.717, 1.165) is 29.6 Å². The number of likely N-dealkylation sites (tertiary alicyclic amines) is 1. The molecule has 0 spiro atoms. The second-order valence-electron chi connectivity index (χ2n) is 7.30. The molecule has 1 aliphatic heterocycles. The van der Waals surface area contributed by atoms with Gasteiger partial charge in [0.15, 0.2) is 11.0 Å². The fourth-order valence-corrected chi connectivity index (χ4v) is 4.86. The number of benzene rings is 2. The zero-order valence-electron chi connectivity index (χ0n) is 16.6. The monoisotopic (exact) mass is 444 g/mol. The van der Waals surface area contributed by atoms with E-state index in [2.05, 4.69) is 22.3 Å². The van der Waals surface area contributed by atoms with Gasteiger partial charge in [0, 0.05) is 29.9 Å². The quantitative estimate of drug-likeness (QED) is 0.512. The summed E-state index contributed by atoms with van der Waals surface area (Å²) in [6.45, 7) is 0.620. The number of halogens is 2. The number of thioether (sulfide) groups is 1. The highest BCUT2D eigenvalue weighted by atomic mass is 35.5. The summed E-state index contributed by atoms with van der Waals surface area (Å²) in [4.78, 5) is 14.7. The fraction of sp³-hybridized carbons (Fsp3) is 0.318. The number of nitrogens with zero attached hydrogens (tertiary/aromatic N) is 4. The number of carbonyl (C=O) groups excluding carboxylic acids is 1. The van der Waals surface area contributed by atoms with Crippen molar-refractivity contribution in [2.24, 2.45) is 7.05 Å². The van der Waals surface area contributed by atoms with Gasteiger partial charge < -0.3 is 9.47 Å². The van der Waals surface area contributed by atoms with Crippen LogP contribution in [0.4, 0.5) is 4.39 Å². The zero-order chi connectivity index (χ0) is 21.1. The highest BCUT2D eigenvalue weighted by molar-refractivity contribution is 7.98. The lowest BCUT2D eigenvalue weighted by Gasteiger charge is -2.24. The van der Waals surface area contributed by atoms with E-state index in [0.29, 0.717) is 6.54 Å². The highest BCUT2D eigenvalue weighted by Crippen LogP contribution is 2.33. The molecule has 30 heavy (non-hydrogen) atoms. The van der Waals surface area contributed by atoms with Gasteiger partial charge in [0.1, 0.15) is 5.82 Å². The molecule has 8 heteroatoms. The van der Waals surface area contributed by atoms with Crippen LogP contribution in [0.2, 0.25) is 5.02 Å². The highest BCUT2D eigenvalue weighted by Gasteiger charge is 2.34. The third-order valence-corrected chi connectivity index (χ3v) is 6.79. The van der Waals surface area contributed by atoms with Crippen LogP contribution in [-0.4, -0.2) is 32.1 Å². The predicted molar refractivity (Wildman–Crippen MR) is 116 cm³/mol. The van der Waals surface area contributed by atoms with E-state index in [1.54, 1.807) is 28.8 Å². The van der Waals surface area contributed by atoms with Gasteiger partial charge in [-0.1, -0.05) is 59.8 Å². The summed E-state index contributed by atoms with van der Waals surface area (Å²) >= 11 is 7.72. The van der Waals surface area contributed by atoms with E-state index >= 15 is 0 Å². The van der Waals surface area contributed by atoms with E-state index < -0.39 is 5.82 Å². The van der Waals surface area contributed by atoms with Crippen LogP contribution >= 0.6 is 23.4 Å². The number of carbonyl (C=O) groups is 1. The maximum atomic E-state index is 14.1. The summed E-state index contributed by atoms with van der Waals surface area (Å²) in [7, 11) is 1.93. The summed E-state index contributed by atoms with van der Waals surface area (Å²) in [5.74, 6) is 0.957. The fourth-order valence-electron chi connectivity index (χ4n) is 3.75. The largest absolute Gasteiger partial charge is 0.332 e. The molecule has 0 radical (unpaired) electrons. The average Bonchev–Trinajstić information content (AvgIpc) is 3.36. The number of rotatable bonds is 6. The third kappa shape index (κ3) is 4.37. The van der Waals surface area contributed by atoms with E-state index in [4.69, 9.17) is 11.6 Å². The van der Waals surface area contributed by atoms with Crippen molar-refractivity contribution in [2.45, 2.75) is 36.2 Å². The van der Waals surface area contributed by atoms with E-state index in [1.165, 1.54) is 11.6 Å². The van der Waals surface area contributed by atoms with Crippen molar-refractivity contribution in [3.63, 3.8) is 0 Å². The van der Waals surface area contributed by atoms with Crippen molar-refractivity contribution in [2.75, 3.05) is 6.54 Å². The van der Waals surface area contributed by atoms with Crippen molar-refractivity contribution >= 4 is 29.3 Å². The second kappa shape index (κ2) is 9.18. The Kier molecular flexibility index (Phi) is 6.39. The topological polar surface area (TPSA) is 51.0 Å². The number of hydrogen-bond donors (Lipinski definition) is 0. The second-order valence-corrected chi connectivity index (χ2v) is 8.65. The Bertz CT molecular complexity index is 1020. The van der Waals surface area contributed by atoms with Gasteiger partial charge in [-0.2, -0.15) is 0 Å². The molecule has 3 aromatic rings. The standard InChI is InChI=1S/C22H22ClFN4OS/c1-27-21(25-26-22(27)30-14-15-7-3-2-4-8-15)19-11-6-12-28(19)20(29)13-16-17(23)9-5-10-18(16)24/h2-5,7-10,19H,6,11-14H2,1H3/t19-/m1/s1. The van der Waals surface area contributed by atoms with Gasteiger partial charge in [-0.15, -0.1) is 10.2 Å². The first-order chi connectivity index (χ1) is 14.5. The SMILES string of the molecule is Cn1c(SCc2ccccc2)nnc1[C@H]1CCCN1C(=O)Cc1c(F)cccc1Cl. The number of amides is 1. The molecule has 1 atom stereocenters. The normalized spacial score (nSPS) is 16.2. The first kappa shape index (κ1) is 20.9. The lowest BCUT2D eigenvalue weighted by atomic mass is 10.1. The number of hydrogen-bond acceptors (Lipinski definition) is 4. The minimum absolute atomic E-state index is 0.0600. The summed E-state index contributed by atoms with van der Waals surface area (Å²) in [6, 6.07) is 14.5. The minimum atomic E-state index is -0.454. The van der Waals surface area contributed by atoms with Crippen molar-refractivity contribution in [3.05, 3.63) is 76.3 Å². The molecule has 156 valence electrons. The molecule has 1 amide bonds. The Morgan fingerprint density at radius 2 is 2.00 bits per heavy atom. The van der Waals surface area contributed by atoms with Crippen molar-refractivity contribution in [1.29, 1.82) is 0 Å². The molecule has 0 unspecified atom stereocenters. The minimum Gasteiger partial charge on any atom is -0.332 e. The van der Waals surface area contributed by atoms with E-state index in [9.17, 15) is 9.18 Å². The van der Waals surface area contributed by atoms with Crippen molar-refractivity contribution < 1.29 is 9.18 Å². The Morgan fingerprint density at radius 3 is 2.77 bits per heavy atom. The summed E-state index contributed by atoms with van der Waals surface area (Å²) in [5.41, 5.74) is 1.46. The Morgan fingerprint density at radius 1 is 1.20 bits per heavy atom. The van der Waals surface area contributed by atoms with Crippen LogP contribution in [0.3, 0.4) is 0 Å². The lowest BCUT2D eigenvalue weighted by molar-refractivity contribution is -0.131. The molecule has 4 rings (SSSR count). The zero-order valence-corrected chi connectivity index (χ0v) is 18.2. The smallest absolute Gasteiger partial charge is 0.227 e. The summed E-state index contributed by atoms with van der Waals surface area (Å²) in [5, 5.41) is 9.81. The van der Waals surface area contributed by atoms with Crippen LogP contribution in [0.25, 0.3) is 0 Å². The van der Waals surface area contributed by atoms with Gasteiger partial charge in [-0.25, -0.2) is 4.39 Å². The maximum absolute atomic E-state index is 14.1. The van der Waals surface area contributed by atoms with Crippen LogP contribution in [0.5, 0.6) is 0 Å². The van der Waals surface area contributed by atoms with E-state index in [1.807, 2.05) is 29.8 Å². The van der Waals surface area contributed by atoms with Gasteiger partial charge in [0.25, 0.3) is 0 Å².